The minimum absolute atomic E-state index is 0.133. The molecule has 24 heavy (non-hydrogen) atoms. The van der Waals surface area contributed by atoms with Crippen molar-refractivity contribution in [2.45, 2.75) is 50.5 Å². The molecule has 1 aliphatic carbocycles. The first kappa shape index (κ1) is 15.6. The maximum Gasteiger partial charge on any atom is 0.256 e. The number of nitrogens with one attached hydrogen (secondary N) is 1. The normalized spacial score (nSPS) is 23.0. The van der Waals surface area contributed by atoms with Gasteiger partial charge in [0, 0.05) is 31.7 Å². The summed E-state index contributed by atoms with van der Waals surface area (Å²) in [5, 5.41) is 7.12. The predicted molar refractivity (Wildman–Crippen MR) is 92.2 cm³/mol. The standard InChI is InChI=1S/C18H25N5O/c1-19-18(24)15-11-21-23-16(8-9-20-17(15)23)13-5-4-10-22(12-13)14-6-2-3-7-14/h8-9,11,13-14H,2-7,10,12H2,1H3,(H,19,24). The molecule has 1 atom stereocenters. The summed E-state index contributed by atoms with van der Waals surface area (Å²) in [6.07, 6.45) is 11.3. The highest BCUT2D eigenvalue weighted by Gasteiger charge is 2.30. The van der Waals surface area contributed by atoms with E-state index < -0.39 is 0 Å². The van der Waals surface area contributed by atoms with E-state index in [1.54, 1.807) is 13.2 Å². The number of likely N-dealkylation sites (tertiary alicyclic amines) is 1. The van der Waals surface area contributed by atoms with Crippen molar-refractivity contribution in [3.05, 3.63) is 29.7 Å². The third-order valence-corrected chi connectivity index (χ3v) is 5.61. The van der Waals surface area contributed by atoms with Crippen LogP contribution in [-0.4, -0.2) is 51.6 Å². The molecule has 128 valence electrons. The number of hydrogen-bond acceptors (Lipinski definition) is 4. The van der Waals surface area contributed by atoms with Crippen LogP contribution in [0.3, 0.4) is 0 Å². The number of carbonyl (C=O) groups excluding carboxylic acids is 1. The van der Waals surface area contributed by atoms with E-state index in [9.17, 15) is 4.79 Å². The second kappa shape index (κ2) is 6.51. The van der Waals surface area contributed by atoms with Gasteiger partial charge in [-0.1, -0.05) is 12.8 Å². The van der Waals surface area contributed by atoms with Gasteiger partial charge in [-0.3, -0.25) is 9.69 Å². The Bertz CT molecular complexity index is 734. The Morgan fingerprint density at radius 1 is 1.25 bits per heavy atom. The van der Waals surface area contributed by atoms with Gasteiger partial charge in [-0.25, -0.2) is 9.50 Å². The molecule has 0 spiro atoms. The quantitative estimate of drug-likeness (QED) is 0.939. The fourth-order valence-electron chi connectivity index (χ4n) is 4.36. The van der Waals surface area contributed by atoms with E-state index in [2.05, 4.69) is 26.4 Å². The van der Waals surface area contributed by atoms with Gasteiger partial charge in [-0.05, 0) is 38.3 Å². The number of carbonyl (C=O) groups is 1. The Morgan fingerprint density at radius 3 is 2.88 bits per heavy atom. The molecule has 2 aromatic heterocycles. The van der Waals surface area contributed by atoms with Crippen LogP contribution in [0.15, 0.2) is 18.5 Å². The molecule has 6 heteroatoms. The maximum atomic E-state index is 12.0. The summed E-state index contributed by atoms with van der Waals surface area (Å²) in [6, 6.07) is 2.83. The Hall–Kier alpha value is -1.95. The summed E-state index contributed by atoms with van der Waals surface area (Å²) in [6.45, 7) is 2.32. The molecule has 0 radical (unpaired) electrons. The lowest BCUT2D eigenvalue weighted by atomic mass is 9.93. The zero-order valence-corrected chi connectivity index (χ0v) is 14.2. The number of amides is 1. The lowest BCUT2D eigenvalue weighted by Crippen LogP contribution is -2.41. The van der Waals surface area contributed by atoms with Gasteiger partial charge in [0.1, 0.15) is 5.56 Å². The first-order chi connectivity index (χ1) is 11.8. The van der Waals surface area contributed by atoms with Gasteiger partial charge in [0.05, 0.1) is 11.9 Å². The van der Waals surface area contributed by atoms with Gasteiger partial charge < -0.3 is 5.32 Å². The van der Waals surface area contributed by atoms with Crippen LogP contribution < -0.4 is 5.32 Å². The van der Waals surface area contributed by atoms with E-state index in [0.29, 0.717) is 17.1 Å². The minimum Gasteiger partial charge on any atom is -0.355 e. The van der Waals surface area contributed by atoms with Crippen molar-refractivity contribution in [1.29, 1.82) is 0 Å². The van der Waals surface area contributed by atoms with E-state index in [1.165, 1.54) is 50.8 Å². The molecule has 1 unspecified atom stereocenters. The molecular formula is C18H25N5O. The topological polar surface area (TPSA) is 62.5 Å². The summed E-state index contributed by atoms with van der Waals surface area (Å²) in [5.74, 6) is 0.327. The number of rotatable bonds is 3. The maximum absolute atomic E-state index is 12.0. The Kier molecular flexibility index (Phi) is 4.22. The van der Waals surface area contributed by atoms with Crippen molar-refractivity contribution in [2.24, 2.45) is 0 Å². The van der Waals surface area contributed by atoms with Crippen molar-refractivity contribution >= 4 is 11.6 Å². The van der Waals surface area contributed by atoms with Crippen molar-refractivity contribution in [2.75, 3.05) is 20.1 Å². The van der Waals surface area contributed by atoms with Gasteiger partial charge in [-0.15, -0.1) is 0 Å². The molecule has 1 saturated carbocycles. The lowest BCUT2D eigenvalue weighted by molar-refractivity contribution is 0.0964. The van der Waals surface area contributed by atoms with Gasteiger partial charge in [0.25, 0.3) is 5.91 Å². The van der Waals surface area contributed by atoms with Gasteiger partial charge in [-0.2, -0.15) is 5.10 Å². The third kappa shape index (κ3) is 2.69. The zero-order valence-electron chi connectivity index (χ0n) is 14.2. The molecule has 2 fully saturated rings. The van der Waals surface area contributed by atoms with Crippen molar-refractivity contribution in [1.82, 2.24) is 24.8 Å². The second-order valence-corrected chi connectivity index (χ2v) is 7.01. The van der Waals surface area contributed by atoms with Crippen LogP contribution in [0, 0.1) is 0 Å². The molecule has 4 rings (SSSR count). The zero-order chi connectivity index (χ0) is 16.5. The van der Waals surface area contributed by atoms with Crippen molar-refractivity contribution in [3.63, 3.8) is 0 Å². The number of aromatic nitrogens is 3. The fraction of sp³-hybridized carbons (Fsp3) is 0.611. The number of nitrogens with zero attached hydrogens (tertiary/aromatic N) is 4. The summed E-state index contributed by atoms with van der Waals surface area (Å²) in [5.41, 5.74) is 2.38. The highest BCUT2D eigenvalue weighted by molar-refractivity contribution is 5.99. The van der Waals surface area contributed by atoms with Crippen LogP contribution in [0.2, 0.25) is 0 Å². The van der Waals surface area contributed by atoms with E-state index in [4.69, 9.17) is 0 Å². The van der Waals surface area contributed by atoms with Crippen LogP contribution in [0.25, 0.3) is 5.65 Å². The molecule has 3 heterocycles. The number of fused-ring (bicyclic) bond motifs is 1. The summed E-state index contributed by atoms with van der Waals surface area (Å²) < 4.78 is 1.87. The van der Waals surface area contributed by atoms with Crippen LogP contribution in [-0.2, 0) is 0 Å². The summed E-state index contributed by atoms with van der Waals surface area (Å²) >= 11 is 0. The molecular weight excluding hydrogens is 302 g/mol. The number of piperidine rings is 1. The average Bonchev–Trinajstić information content (AvgIpc) is 3.30. The number of hydrogen-bond donors (Lipinski definition) is 1. The average molecular weight is 327 g/mol. The largest absolute Gasteiger partial charge is 0.355 e. The molecule has 0 bridgehead atoms. The fourth-order valence-corrected chi connectivity index (χ4v) is 4.36. The first-order valence-corrected chi connectivity index (χ1v) is 9.06. The molecule has 6 nitrogen and oxygen atoms in total. The third-order valence-electron chi connectivity index (χ3n) is 5.61. The van der Waals surface area contributed by atoms with Gasteiger partial charge in [0.2, 0.25) is 0 Å². The predicted octanol–water partition coefficient (Wildman–Crippen LogP) is 2.21. The van der Waals surface area contributed by atoms with Crippen LogP contribution >= 0.6 is 0 Å². The molecule has 1 saturated heterocycles. The Balaban J connectivity index is 1.63. The second-order valence-electron chi connectivity index (χ2n) is 7.01. The molecule has 2 aliphatic rings. The van der Waals surface area contributed by atoms with Gasteiger partial charge >= 0.3 is 0 Å². The smallest absolute Gasteiger partial charge is 0.256 e. The molecule has 1 amide bonds. The first-order valence-electron chi connectivity index (χ1n) is 9.06. The monoisotopic (exact) mass is 327 g/mol. The highest BCUT2D eigenvalue weighted by atomic mass is 16.1. The van der Waals surface area contributed by atoms with Gasteiger partial charge in [0.15, 0.2) is 5.65 Å². The van der Waals surface area contributed by atoms with E-state index in [0.717, 1.165) is 12.6 Å². The van der Waals surface area contributed by atoms with E-state index in [1.807, 2.05) is 10.7 Å². The lowest BCUT2D eigenvalue weighted by Gasteiger charge is -2.36. The van der Waals surface area contributed by atoms with Crippen LogP contribution in [0.1, 0.15) is 60.5 Å². The van der Waals surface area contributed by atoms with Crippen LogP contribution in [0.5, 0.6) is 0 Å². The summed E-state index contributed by atoms with van der Waals surface area (Å²) in [7, 11) is 1.64. The van der Waals surface area contributed by atoms with Crippen molar-refractivity contribution in [3.8, 4) is 0 Å². The van der Waals surface area contributed by atoms with E-state index >= 15 is 0 Å². The summed E-state index contributed by atoms with van der Waals surface area (Å²) in [4.78, 5) is 19.1. The molecule has 2 aromatic rings. The Labute approximate surface area is 142 Å². The SMILES string of the molecule is CNC(=O)c1cnn2c(C3CCCN(C4CCCC4)C3)ccnc12. The molecule has 1 aliphatic heterocycles. The molecule has 0 aromatic carbocycles. The van der Waals surface area contributed by atoms with Crippen LogP contribution in [0.4, 0.5) is 0 Å². The Morgan fingerprint density at radius 2 is 2.08 bits per heavy atom. The highest BCUT2D eigenvalue weighted by Crippen LogP contribution is 2.32. The van der Waals surface area contributed by atoms with E-state index in [-0.39, 0.29) is 5.91 Å². The van der Waals surface area contributed by atoms with Crippen molar-refractivity contribution < 1.29 is 4.79 Å². The minimum atomic E-state index is -0.133. The molecule has 1 N–H and O–H groups in total.